The predicted molar refractivity (Wildman–Crippen MR) is 168 cm³/mol. The summed E-state index contributed by atoms with van der Waals surface area (Å²) in [6, 6.07) is 18.2. The summed E-state index contributed by atoms with van der Waals surface area (Å²) in [4.78, 5) is 62.1. The number of phenolic OH excluding ortho intramolecular Hbond substituents is 1. The first-order valence-electron chi connectivity index (χ1n) is 14.9. The number of ether oxygens (including phenoxy) is 7. The van der Waals surface area contributed by atoms with E-state index in [1.807, 2.05) is 30.3 Å². The third-order valence-electron chi connectivity index (χ3n) is 7.33. The molecule has 4 aromatic rings. The molecule has 1 aromatic heterocycles. The molecule has 0 spiro atoms. The lowest BCUT2D eigenvalue weighted by Crippen LogP contribution is -2.64. The number of fused-ring (bicyclic) bond motifs is 1. The van der Waals surface area contributed by atoms with E-state index in [1.54, 1.807) is 0 Å². The summed E-state index contributed by atoms with van der Waals surface area (Å²) >= 11 is 0. The van der Waals surface area contributed by atoms with Crippen LogP contribution in [-0.4, -0.2) is 66.8 Å². The molecule has 1 N–H and O–H groups in total. The van der Waals surface area contributed by atoms with Crippen LogP contribution >= 0.6 is 0 Å². The van der Waals surface area contributed by atoms with Gasteiger partial charge < -0.3 is 42.7 Å². The van der Waals surface area contributed by atoms with Crippen LogP contribution in [0.3, 0.4) is 0 Å². The number of carbonyl (C=O) groups excluding carboxylic acids is 4. The Kier molecular flexibility index (Phi) is 10.5. The normalized spacial score (nSPS) is 20.1. The number of benzene rings is 3. The van der Waals surface area contributed by atoms with Crippen LogP contribution in [0.4, 0.5) is 0 Å². The van der Waals surface area contributed by atoms with Crippen molar-refractivity contribution < 1.29 is 61.9 Å². The lowest BCUT2D eigenvalue weighted by molar-refractivity contribution is -0.282. The summed E-state index contributed by atoms with van der Waals surface area (Å²) in [7, 11) is 1.08. The fraction of sp³-hybridized carbons (Fsp3) is 0.286. The molecule has 1 saturated heterocycles. The van der Waals surface area contributed by atoms with Crippen LogP contribution in [0.5, 0.6) is 17.2 Å². The van der Waals surface area contributed by atoms with Gasteiger partial charge in [-0.2, -0.15) is 0 Å². The minimum atomic E-state index is -1.63. The summed E-state index contributed by atoms with van der Waals surface area (Å²) in [6.07, 6.45) is -6.50. The van der Waals surface area contributed by atoms with Crippen molar-refractivity contribution in [1.82, 2.24) is 0 Å². The monoisotopic (exact) mass is 676 g/mol. The summed E-state index contributed by atoms with van der Waals surface area (Å²) in [5, 5.41) is 10.7. The van der Waals surface area contributed by atoms with Crippen molar-refractivity contribution in [2.45, 2.75) is 58.1 Å². The first-order valence-corrected chi connectivity index (χ1v) is 14.9. The van der Waals surface area contributed by atoms with Gasteiger partial charge in [0.05, 0.1) is 12.7 Å². The summed E-state index contributed by atoms with van der Waals surface area (Å²) in [5.74, 6) is -3.34. The minimum Gasteiger partial charge on any atom is -0.507 e. The van der Waals surface area contributed by atoms with E-state index < -0.39 is 60.0 Å². The third kappa shape index (κ3) is 7.99. The van der Waals surface area contributed by atoms with Gasteiger partial charge in [0, 0.05) is 32.9 Å². The van der Waals surface area contributed by atoms with Crippen molar-refractivity contribution in [2.75, 3.05) is 7.11 Å². The second kappa shape index (κ2) is 14.9. The SMILES string of the molecule is COC(=O)[C@@H]1O[C@H](Oc2ccc(-c3coc4cc(OCc5ccccc5)cc(O)c4c3=O)cc2)[C@@H](OC(C)=O)[C@H](OC(C)=O)[C@H]1OC(C)=O. The third-order valence-corrected chi connectivity index (χ3v) is 7.33. The standard InChI is InChI=1S/C35H32O14/c1-18(36)45-30-31(46-19(2)37)33(47-20(3)38)35(49-32(30)34(41)42-4)48-23-12-10-22(11-13-23)25-17-44-27-15-24(14-26(39)28(27)29(25)40)43-16-21-8-6-5-7-9-21/h5-15,17,30-33,35,39H,16H2,1-4H3/t30-,31-,32-,33+,35+/m1/s1. The molecule has 14 nitrogen and oxygen atoms in total. The second-order valence-electron chi connectivity index (χ2n) is 10.9. The Morgan fingerprint density at radius 1 is 0.796 bits per heavy atom. The Morgan fingerprint density at radius 2 is 1.43 bits per heavy atom. The van der Waals surface area contributed by atoms with Gasteiger partial charge in [-0.05, 0) is 23.3 Å². The maximum atomic E-state index is 13.5. The molecule has 0 bridgehead atoms. The van der Waals surface area contributed by atoms with E-state index in [2.05, 4.69) is 0 Å². The van der Waals surface area contributed by atoms with Gasteiger partial charge in [-0.3, -0.25) is 19.2 Å². The van der Waals surface area contributed by atoms with E-state index in [9.17, 15) is 29.1 Å². The van der Waals surface area contributed by atoms with Gasteiger partial charge in [-0.15, -0.1) is 0 Å². The summed E-state index contributed by atoms with van der Waals surface area (Å²) in [6.45, 7) is 3.49. The highest BCUT2D eigenvalue weighted by molar-refractivity contribution is 5.88. The zero-order valence-electron chi connectivity index (χ0n) is 26.8. The van der Waals surface area contributed by atoms with Crippen molar-refractivity contribution >= 4 is 34.8 Å². The summed E-state index contributed by atoms with van der Waals surface area (Å²) < 4.78 is 44.0. The predicted octanol–water partition coefficient (Wildman–Crippen LogP) is 3.82. The lowest BCUT2D eigenvalue weighted by atomic mass is 9.97. The molecule has 1 fully saturated rings. The molecule has 5 rings (SSSR count). The van der Waals surface area contributed by atoms with E-state index in [0.29, 0.717) is 11.3 Å². The average molecular weight is 677 g/mol. The molecule has 1 aliphatic rings. The van der Waals surface area contributed by atoms with Crippen LogP contribution in [0.15, 0.2) is 82.2 Å². The van der Waals surface area contributed by atoms with Gasteiger partial charge in [0.2, 0.25) is 17.8 Å². The van der Waals surface area contributed by atoms with E-state index in [0.717, 1.165) is 33.4 Å². The molecule has 3 aromatic carbocycles. The molecule has 49 heavy (non-hydrogen) atoms. The molecule has 0 radical (unpaired) electrons. The van der Waals surface area contributed by atoms with Crippen LogP contribution in [0.25, 0.3) is 22.1 Å². The van der Waals surface area contributed by atoms with E-state index >= 15 is 0 Å². The Labute approximate surface area is 279 Å². The van der Waals surface area contributed by atoms with Gasteiger partial charge in [0.1, 0.15) is 41.1 Å². The highest BCUT2D eigenvalue weighted by atomic mass is 16.7. The van der Waals surface area contributed by atoms with Crippen LogP contribution < -0.4 is 14.9 Å². The number of hydrogen-bond donors (Lipinski definition) is 1. The highest BCUT2D eigenvalue weighted by Crippen LogP contribution is 2.33. The average Bonchev–Trinajstić information content (AvgIpc) is 3.06. The van der Waals surface area contributed by atoms with Gasteiger partial charge in [-0.25, -0.2) is 4.79 Å². The van der Waals surface area contributed by atoms with E-state index in [1.165, 1.54) is 42.7 Å². The molecular formula is C35H32O14. The van der Waals surface area contributed by atoms with Gasteiger partial charge in [0.25, 0.3) is 0 Å². The first kappa shape index (κ1) is 34.4. The molecule has 256 valence electrons. The fourth-order valence-electron chi connectivity index (χ4n) is 5.25. The second-order valence-corrected chi connectivity index (χ2v) is 10.9. The highest BCUT2D eigenvalue weighted by Gasteiger charge is 2.55. The number of carbonyl (C=O) groups is 4. The Bertz CT molecular complexity index is 1900. The Balaban J connectivity index is 1.41. The van der Waals surface area contributed by atoms with E-state index in [-0.39, 0.29) is 34.6 Å². The van der Waals surface area contributed by atoms with Gasteiger partial charge >= 0.3 is 23.9 Å². The van der Waals surface area contributed by atoms with Crippen molar-refractivity contribution in [3.63, 3.8) is 0 Å². The number of rotatable bonds is 10. The van der Waals surface area contributed by atoms with Crippen LogP contribution in [-0.2, 0) is 49.5 Å². The van der Waals surface area contributed by atoms with Gasteiger partial charge in [0.15, 0.2) is 18.3 Å². The number of esters is 4. The van der Waals surface area contributed by atoms with Crippen molar-refractivity contribution in [3.8, 4) is 28.4 Å². The van der Waals surface area contributed by atoms with E-state index in [4.69, 9.17) is 37.6 Å². The molecule has 0 amide bonds. The number of phenols is 1. The number of aromatic hydroxyl groups is 1. The summed E-state index contributed by atoms with van der Waals surface area (Å²) in [5.41, 5.74) is 1.06. The molecule has 5 atom stereocenters. The minimum absolute atomic E-state index is 0.0441. The Morgan fingerprint density at radius 3 is 2.06 bits per heavy atom. The molecule has 2 heterocycles. The van der Waals surface area contributed by atoms with Crippen LogP contribution in [0.1, 0.15) is 26.3 Å². The maximum Gasteiger partial charge on any atom is 0.339 e. The first-order chi connectivity index (χ1) is 23.4. The lowest BCUT2D eigenvalue weighted by Gasteiger charge is -2.43. The fourth-order valence-corrected chi connectivity index (χ4v) is 5.25. The molecule has 0 saturated carbocycles. The van der Waals surface area contributed by atoms with Crippen molar-refractivity contribution in [3.05, 3.63) is 88.8 Å². The number of methoxy groups -OCH3 is 1. The topological polar surface area (TPSA) is 183 Å². The maximum absolute atomic E-state index is 13.5. The molecule has 1 aliphatic heterocycles. The molecule has 0 aliphatic carbocycles. The number of hydrogen-bond acceptors (Lipinski definition) is 14. The van der Waals surface area contributed by atoms with Crippen LogP contribution in [0.2, 0.25) is 0 Å². The van der Waals surface area contributed by atoms with Crippen molar-refractivity contribution in [2.24, 2.45) is 0 Å². The van der Waals surface area contributed by atoms with Crippen molar-refractivity contribution in [1.29, 1.82) is 0 Å². The zero-order chi connectivity index (χ0) is 35.2. The molecule has 14 heteroatoms. The zero-order valence-corrected chi connectivity index (χ0v) is 26.8. The Hall–Kier alpha value is -5.89. The van der Waals surface area contributed by atoms with Gasteiger partial charge in [-0.1, -0.05) is 42.5 Å². The quantitative estimate of drug-likeness (QED) is 0.189. The molecular weight excluding hydrogens is 644 g/mol. The smallest absolute Gasteiger partial charge is 0.339 e. The largest absolute Gasteiger partial charge is 0.507 e. The van der Waals surface area contributed by atoms with Crippen LogP contribution in [0, 0.1) is 0 Å². The molecule has 0 unspecified atom stereocenters.